The van der Waals surface area contributed by atoms with Crippen molar-refractivity contribution < 1.29 is 14.9 Å². The summed E-state index contributed by atoms with van der Waals surface area (Å²) in [4.78, 5) is 25.0. The van der Waals surface area contributed by atoms with E-state index in [-0.39, 0.29) is 0 Å². The molecule has 1 fully saturated rings. The zero-order valence-electron chi connectivity index (χ0n) is 9.74. The van der Waals surface area contributed by atoms with E-state index in [1.165, 1.54) is 13.1 Å². The fraction of sp³-hybridized carbons (Fsp3) is 0.600. The van der Waals surface area contributed by atoms with Crippen LogP contribution in [0, 0.1) is 6.92 Å². The molecular weight excluding hydrogens is 242 g/mol. The topological polar surface area (TPSA) is 131 Å². The number of hydrogen-bond acceptors (Lipinski definition) is 6. The molecule has 1 saturated heterocycles. The summed E-state index contributed by atoms with van der Waals surface area (Å²) in [6.07, 6.45) is -1.51. The zero-order valence-corrected chi connectivity index (χ0v) is 9.74. The summed E-state index contributed by atoms with van der Waals surface area (Å²) in [5.74, 6) is 0. The first-order valence-corrected chi connectivity index (χ1v) is 5.47. The molecule has 8 heteroatoms. The van der Waals surface area contributed by atoms with Gasteiger partial charge in [-0.2, -0.15) is 0 Å². The van der Waals surface area contributed by atoms with Gasteiger partial charge < -0.3 is 20.7 Å². The van der Waals surface area contributed by atoms with Gasteiger partial charge >= 0.3 is 5.69 Å². The fourth-order valence-electron chi connectivity index (χ4n) is 1.94. The lowest BCUT2D eigenvalue weighted by Crippen LogP contribution is -2.43. The Morgan fingerprint density at radius 3 is 2.78 bits per heavy atom. The molecule has 1 aromatic rings. The molecule has 18 heavy (non-hydrogen) atoms. The highest BCUT2D eigenvalue weighted by Crippen LogP contribution is 2.26. The van der Waals surface area contributed by atoms with Crippen LogP contribution < -0.4 is 17.0 Å². The minimum absolute atomic E-state index is 0.326. The third kappa shape index (κ3) is 1.99. The second kappa shape index (κ2) is 4.65. The molecule has 1 aliphatic heterocycles. The smallest absolute Gasteiger partial charge is 0.330 e. The van der Waals surface area contributed by atoms with Crippen molar-refractivity contribution in [3.8, 4) is 0 Å². The average Bonchev–Trinajstić information content (AvgIpc) is 2.61. The van der Waals surface area contributed by atoms with Crippen molar-refractivity contribution in [2.75, 3.05) is 6.61 Å². The normalized spacial score (nSPS) is 31.8. The maximum absolute atomic E-state index is 11.7. The maximum atomic E-state index is 11.7. The Kier molecular flexibility index (Phi) is 3.35. The highest BCUT2D eigenvalue weighted by Gasteiger charge is 2.42. The molecule has 100 valence electrons. The van der Waals surface area contributed by atoms with Crippen LogP contribution in [0.5, 0.6) is 0 Å². The van der Waals surface area contributed by atoms with Crippen LogP contribution in [-0.4, -0.2) is 44.6 Å². The summed E-state index contributed by atoms with van der Waals surface area (Å²) in [5.41, 5.74) is 4.91. The van der Waals surface area contributed by atoms with E-state index in [9.17, 15) is 14.7 Å². The summed E-state index contributed by atoms with van der Waals surface area (Å²) in [6.45, 7) is 1.14. The Balaban J connectivity index is 2.42. The van der Waals surface area contributed by atoms with E-state index in [2.05, 4.69) is 4.98 Å². The molecule has 0 aliphatic carbocycles. The molecule has 2 rings (SSSR count). The second-order valence-corrected chi connectivity index (χ2v) is 4.29. The Labute approximate surface area is 102 Å². The van der Waals surface area contributed by atoms with Crippen LogP contribution in [-0.2, 0) is 4.74 Å². The van der Waals surface area contributed by atoms with E-state index in [1.54, 1.807) is 0 Å². The highest BCUT2D eigenvalue weighted by atomic mass is 16.5. The van der Waals surface area contributed by atoms with Gasteiger partial charge in [0.1, 0.15) is 12.2 Å². The minimum atomic E-state index is -1.07. The number of nitrogens with zero attached hydrogens (tertiary/aromatic N) is 1. The van der Waals surface area contributed by atoms with E-state index in [0.29, 0.717) is 5.56 Å². The number of aliphatic hydroxyl groups excluding tert-OH is 2. The number of aromatic nitrogens is 2. The zero-order chi connectivity index (χ0) is 13.4. The first kappa shape index (κ1) is 13.0. The molecule has 0 bridgehead atoms. The van der Waals surface area contributed by atoms with Crippen LogP contribution in [0.4, 0.5) is 0 Å². The highest BCUT2D eigenvalue weighted by molar-refractivity contribution is 5.03. The van der Waals surface area contributed by atoms with E-state index in [0.717, 1.165) is 4.57 Å². The molecule has 0 amide bonds. The van der Waals surface area contributed by atoms with Crippen molar-refractivity contribution in [3.05, 3.63) is 32.6 Å². The molecule has 0 spiro atoms. The molecule has 1 aromatic heterocycles. The summed E-state index contributed by atoms with van der Waals surface area (Å²) >= 11 is 0. The molecule has 2 heterocycles. The molecule has 0 saturated carbocycles. The second-order valence-electron chi connectivity index (χ2n) is 4.29. The Morgan fingerprint density at radius 1 is 1.56 bits per heavy atom. The Bertz CT molecular complexity index is 551. The lowest BCUT2D eigenvalue weighted by Gasteiger charge is -2.18. The van der Waals surface area contributed by atoms with Crippen molar-refractivity contribution >= 4 is 0 Å². The van der Waals surface area contributed by atoms with Crippen LogP contribution in [0.25, 0.3) is 0 Å². The Hall–Kier alpha value is -1.48. The SMILES string of the molecule is Cc1cn([C@@H]2O[C@@H](CO)[C@H](O)[C@H]2N)c(=O)[nH]c1=O. The van der Waals surface area contributed by atoms with Gasteiger partial charge in [0.15, 0.2) is 6.23 Å². The first-order chi connectivity index (χ1) is 8.45. The lowest BCUT2D eigenvalue weighted by molar-refractivity contribution is -0.0465. The molecular formula is C10H15N3O5. The van der Waals surface area contributed by atoms with Gasteiger partial charge in [-0.25, -0.2) is 4.79 Å². The van der Waals surface area contributed by atoms with Gasteiger partial charge in [-0.3, -0.25) is 14.3 Å². The van der Waals surface area contributed by atoms with Crippen molar-refractivity contribution in [2.24, 2.45) is 5.73 Å². The molecule has 5 N–H and O–H groups in total. The minimum Gasteiger partial charge on any atom is -0.394 e. The Morgan fingerprint density at radius 2 is 2.22 bits per heavy atom. The van der Waals surface area contributed by atoms with Gasteiger partial charge in [0, 0.05) is 11.8 Å². The van der Waals surface area contributed by atoms with E-state index < -0.39 is 42.3 Å². The van der Waals surface area contributed by atoms with Gasteiger partial charge in [-0.05, 0) is 6.92 Å². The maximum Gasteiger partial charge on any atom is 0.330 e. The molecule has 1 aliphatic rings. The van der Waals surface area contributed by atoms with Crippen molar-refractivity contribution in [1.82, 2.24) is 9.55 Å². The summed E-state index contributed by atoms with van der Waals surface area (Å²) in [7, 11) is 0. The van der Waals surface area contributed by atoms with Gasteiger partial charge in [0.05, 0.1) is 12.6 Å². The standard InChI is InChI=1S/C10H15N3O5/c1-4-2-13(10(17)12-8(4)16)9-6(11)7(15)5(3-14)18-9/h2,5-7,9,14-15H,3,11H2,1H3,(H,12,16,17)/t5-,6+,7-,9+/m0/s1. The number of H-pyrrole nitrogens is 1. The fourth-order valence-corrected chi connectivity index (χ4v) is 1.94. The number of nitrogens with one attached hydrogen (secondary N) is 1. The molecule has 8 nitrogen and oxygen atoms in total. The van der Waals surface area contributed by atoms with Crippen LogP contribution in [0.15, 0.2) is 15.8 Å². The lowest BCUT2D eigenvalue weighted by atomic mass is 10.1. The number of rotatable bonds is 2. The van der Waals surface area contributed by atoms with Crippen LogP contribution in [0.1, 0.15) is 11.8 Å². The number of hydrogen-bond donors (Lipinski definition) is 4. The van der Waals surface area contributed by atoms with E-state index in [1.807, 2.05) is 0 Å². The van der Waals surface area contributed by atoms with Gasteiger partial charge in [-0.1, -0.05) is 0 Å². The predicted molar refractivity (Wildman–Crippen MR) is 61.0 cm³/mol. The molecule has 0 unspecified atom stereocenters. The van der Waals surface area contributed by atoms with E-state index >= 15 is 0 Å². The predicted octanol–water partition coefficient (Wildman–Crippen LogP) is -2.58. The van der Waals surface area contributed by atoms with Gasteiger partial charge in [-0.15, -0.1) is 0 Å². The average molecular weight is 257 g/mol. The van der Waals surface area contributed by atoms with Crippen LogP contribution in [0.2, 0.25) is 0 Å². The van der Waals surface area contributed by atoms with Crippen LogP contribution >= 0.6 is 0 Å². The largest absolute Gasteiger partial charge is 0.394 e. The molecule has 4 atom stereocenters. The number of aryl methyl sites for hydroxylation is 1. The third-order valence-electron chi connectivity index (χ3n) is 3.02. The van der Waals surface area contributed by atoms with Crippen molar-refractivity contribution in [2.45, 2.75) is 31.4 Å². The number of ether oxygens (including phenoxy) is 1. The van der Waals surface area contributed by atoms with Gasteiger partial charge in [0.2, 0.25) is 0 Å². The number of aromatic amines is 1. The molecule has 0 radical (unpaired) electrons. The van der Waals surface area contributed by atoms with Gasteiger partial charge in [0.25, 0.3) is 5.56 Å². The summed E-state index contributed by atoms with van der Waals surface area (Å²) < 4.78 is 6.42. The summed E-state index contributed by atoms with van der Waals surface area (Å²) in [6, 6.07) is -0.856. The van der Waals surface area contributed by atoms with E-state index in [4.69, 9.17) is 15.6 Å². The van der Waals surface area contributed by atoms with Crippen LogP contribution in [0.3, 0.4) is 0 Å². The van der Waals surface area contributed by atoms with Crippen molar-refractivity contribution in [3.63, 3.8) is 0 Å². The monoisotopic (exact) mass is 257 g/mol. The molecule has 0 aromatic carbocycles. The summed E-state index contributed by atoms with van der Waals surface area (Å²) in [5, 5.41) is 18.7. The third-order valence-corrected chi connectivity index (χ3v) is 3.02. The number of nitrogens with two attached hydrogens (primary N) is 1. The van der Waals surface area contributed by atoms with Crippen molar-refractivity contribution in [1.29, 1.82) is 0 Å². The quantitative estimate of drug-likeness (QED) is 0.460. The first-order valence-electron chi connectivity index (χ1n) is 5.47. The number of aliphatic hydroxyl groups is 2.